The highest BCUT2D eigenvalue weighted by Gasteiger charge is 2.17. The van der Waals surface area contributed by atoms with Crippen molar-refractivity contribution in [2.24, 2.45) is 0 Å². The zero-order valence-corrected chi connectivity index (χ0v) is 10.9. The molecule has 3 rings (SSSR count). The Morgan fingerprint density at radius 2 is 1.57 bits per heavy atom. The van der Waals surface area contributed by atoms with Crippen LogP contribution in [0.4, 0.5) is 0 Å². The summed E-state index contributed by atoms with van der Waals surface area (Å²) in [6.45, 7) is 0. The zero-order valence-electron chi connectivity index (χ0n) is 10.9. The maximum absolute atomic E-state index is 9.76. The fourth-order valence-corrected chi connectivity index (χ4v) is 1.97. The van der Waals surface area contributed by atoms with Gasteiger partial charge in [0, 0.05) is 6.42 Å². The standard InChI is InChI=1S/C15H12N2O4/c18-10-6-4-9(5-7-10)8-13-16-15(21-17-13)14-11(19)2-1-3-12(14)20/h1-7,18-20H,8H2. The fraction of sp³-hybridized carbons (Fsp3) is 0.0667. The highest BCUT2D eigenvalue weighted by molar-refractivity contribution is 5.69. The summed E-state index contributed by atoms with van der Waals surface area (Å²) in [7, 11) is 0. The molecule has 0 saturated heterocycles. The Bertz CT molecular complexity index is 745. The van der Waals surface area contributed by atoms with E-state index < -0.39 is 0 Å². The molecule has 0 atom stereocenters. The van der Waals surface area contributed by atoms with E-state index in [1.54, 1.807) is 24.3 Å². The van der Waals surface area contributed by atoms with Crippen LogP contribution in [0.2, 0.25) is 0 Å². The summed E-state index contributed by atoms with van der Waals surface area (Å²) in [5, 5.41) is 32.6. The van der Waals surface area contributed by atoms with Gasteiger partial charge in [-0.1, -0.05) is 23.4 Å². The first kappa shape index (κ1) is 13.0. The summed E-state index contributed by atoms with van der Waals surface area (Å²) < 4.78 is 5.08. The Labute approximate surface area is 119 Å². The molecular formula is C15H12N2O4. The Morgan fingerprint density at radius 3 is 2.24 bits per heavy atom. The van der Waals surface area contributed by atoms with Crippen LogP contribution in [-0.4, -0.2) is 25.5 Å². The van der Waals surface area contributed by atoms with E-state index in [9.17, 15) is 15.3 Å². The molecule has 0 aliphatic heterocycles. The summed E-state index contributed by atoms with van der Waals surface area (Å²) in [6, 6.07) is 11.0. The van der Waals surface area contributed by atoms with Crippen LogP contribution in [0.3, 0.4) is 0 Å². The van der Waals surface area contributed by atoms with E-state index >= 15 is 0 Å². The van der Waals surface area contributed by atoms with Gasteiger partial charge in [-0.15, -0.1) is 0 Å². The Kier molecular flexibility index (Phi) is 3.19. The average Bonchev–Trinajstić information content (AvgIpc) is 2.89. The van der Waals surface area contributed by atoms with Crippen molar-refractivity contribution < 1.29 is 19.8 Å². The largest absolute Gasteiger partial charge is 0.508 e. The molecule has 3 N–H and O–H groups in total. The molecule has 0 fully saturated rings. The number of phenolic OH excluding ortho intramolecular Hbond substituents is 3. The monoisotopic (exact) mass is 284 g/mol. The van der Waals surface area contributed by atoms with Crippen molar-refractivity contribution in [1.29, 1.82) is 0 Å². The fourth-order valence-electron chi connectivity index (χ4n) is 1.97. The summed E-state index contributed by atoms with van der Waals surface area (Å²) >= 11 is 0. The maximum atomic E-state index is 9.76. The second kappa shape index (κ2) is 5.16. The number of aromatic hydroxyl groups is 3. The molecule has 0 aliphatic rings. The molecule has 0 saturated carbocycles. The molecule has 6 heteroatoms. The van der Waals surface area contributed by atoms with E-state index in [1.165, 1.54) is 18.2 Å². The van der Waals surface area contributed by atoms with Crippen LogP contribution in [0.15, 0.2) is 47.0 Å². The SMILES string of the molecule is Oc1ccc(Cc2noc(-c3c(O)cccc3O)n2)cc1. The molecule has 0 unspecified atom stereocenters. The number of nitrogens with zero attached hydrogens (tertiary/aromatic N) is 2. The van der Waals surface area contributed by atoms with Crippen LogP contribution in [-0.2, 0) is 6.42 Å². The van der Waals surface area contributed by atoms with E-state index in [1.807, 2.05) is 0 Å². The van der Waals surface area contributed by atoms with Gasteiger partial charge in [0.1, 0.15) is 22.8 Å². The summed E-state index contributed by atoms with van der Waals surface area (Å²) in [5.41, 5.74) is 1.02. The molecule has 6 nitrogen and oxygen atoms in total. The molecule has 1 heterocycles. The minimum atomic E-state index is -0.130. The second-order valence-corrected chi connectivity index (χ2v) is 4.53. The molecule has 106 valence electrons. The van der Waals surface area contributed by atoms with Crippen molar-refractivity contribution >= 4 is 0 Å². The first-order chi connectivity index (χ1) is 10.1. The van der Waals surface area contributed by atoms with Crippen molar-refractivity contribution in [1.82, 2.24) is 10.1 Å². The van der Waals surface area contributed by atoms with Gasteiger partial charge in [0.25, 0.3) is 5.89 Å². The van der Waals surface area contributed by atoms with Crippen molar-refractivity contribution in [3.8, 4) is 28.7 Å². The van der Waals surface area contributed by atoms with Crippen molar-refractivity contribution in [2.45, 2.75) is 6.42 Å². The number of hydrogen-bond acceptors (Lipinski definition) is 6. The molecular weight excluding hydrogens is 272 g/mol. The van der Waals surface area contributed by atoms with Gasteiger partial charge < -0.3 is 19.8 Å². The Morgan fingerprint density at radius 1 is 0.905 bits per heavy atom. The van der Waals surface area contributed by atoms with Crippen molar-refractivity contribution in [3.63, 3.8) is 0 Å². The van der Waals surface area contributed by atoms with Gasteiger partial charge in [-0.05, 0) is 29.8 Å². The highest BCUT2D eigenvalue weighted by atomic mass is 16.5. The van der Waals surface area contributed by atoms with Crippen molar-refractivity contribution in [3.05, 3.63) is 53.9 Å². The van der Waals surface area contributed by atoms with Gasteiger partial charge in [0.15, 0.2) is 5.82 Å². The Hall–Kier alpha value is -3.02. The normalized spacial score (nSPS) is 10.7. The number of phenols is 3. The Balaban J connectivity index is 1.88. The summed E-state index contributed by atoms with van der Waals surface area (Å²) in [5.74, 6) is 0.397. The molecule has 0 spiro atoms. The molecule has 3 aromatic rings. The lowest BCUT2D eigenvalue weighted by molar-refractivity contribution is 0.410. The predicted molar refractivity (Wildman–Crippen MR) is 74.0 cm³/mol. The second-order valence-electron chi connectivity index (χ2n) is 4.53. The third-order valence-corrected chi connectivity index (χ3v) is 3.00. The number of rotatable bonds is 3. The van der Waals surface area contributed by atoms with Gasteiger partial charge in [-0.2, -0.15) is 4.98 Å². The molecule has 0 bridgehead atoms. The highest BCUT2D eigenvalue weighted by Crippen LogP contribution is 2.35. The number of benzene rings is 2. The van der Waals surface area contributed by atoms with Crippen LogP contribution in [0, 0.1) is 0 Å². The van der Waals surface area contributed by atoms with Gasteiger partial charge in [-0.25, -0.2) is 0 Å². The van der Waals surface area contributed by atoms with Crippen molar-refractivity contribution in [2.75, 3.05) is 0 Å². The summed E-state index contributed by atoms with van der Waals surface area (Å²) in [4.78, 5) is 4.16. The van der Waals surface area contributed by atoms with E-state index in [4.69, 9.17) is 4.52 Å². The number of aromatic nitrogens is 2. The topological polar surface area (TPSA) is 99.6 Å². The van der Waals surface area contributed by atoms with Crippen LogP contribution in [0.1, 0.15) is 11.4 Å². The molecule has 21 heavy (non-hydrogen) atoms. The molecule has 0 amide bonds. The van der Waals surface area contributed by atoms with Gasteiger partial charge in [-0.3, -0.25) is 0 Å². The van der Waals surface area contributed by atoms with E-state index in [0.29, 0.717) is 12.2 Å². The van der Waals surface area contributed by atoms with E-state index in [-0.39, 0.29) is 28.7 Å². The van der Waals surface area contributed by atoms with Gasteiger partial charge in [0.05, 0.1) is 0 Å². The minimum Gasteiger partial charge on any atom is -0.508 e. The summed E-state index contributed by atoms with van der Waals surface area (Å²) in [6.07, 6.45) is 0.415. The molecule has 1 aromatic heterocycles. The lowest BCUT2D eigenvalue weighted by Crippen LogP contribution is -1.90. The number of hydrogen-bond donors (Lipinski definition) is 3. The van der Waals surface area contributed by atoms with E-state index in [0.717, 1.165) is 5.56 Å². The third kappa shape index (κ3) is 2.64. The average molecular weight is 284 g/mol. The quantitative estimate of drug-likeness (QED) is 0.683. The molecule has 0 radical (unpaired) electrons. The third-order valence-electron chi connectivity index (χ3n) is 3.00. The minimum absolute atomic E-state index is 0.0550. The maximum Gasteiger partial charge on any atom is 0.265 e. The first-order valence-corrected chi connectivity index (χ1v) is 6.25. The first-order valence-electron chi connectivity index (χ1n) is 6.25. The smallest absolute Gasteiger partial charge is 0.265 e. The van der Waals surface area contributed by atoms with Crippen LogP contribution in [0.25, 0.3) is 11.5 Å². The van der Waals surface area contributed by atoms with Crippen LogP contribution in [0.5, 0.6) is 17.2 Å². The lowest BCUT2D eigenvalue weighted by atomic mass is 10.1. The lowest BCUT2D eigenvalue weighted by Gasteiger charge is -2.01. The predicted octanol–water partition coefficient (Wildman–Crippen LogP) is 2.44. The van der Waals surface area contributed by atoms with E-state index in [2.05, 4.69) is 10.1 Å². The van der Waals surface area contributed by atoms with Gasteiger partial charge >= 0.3 is 0 Å². The van der Waals surface area contributed by atoms with Crippen LogP contribution >= 0.6 is 0 Å². The van der Waals surface area contributed by atoms with Crippen LogP contribution < -0.4 is 0 Å². The van der Waals surface area contributed by atoms with Gasteiger partial charge in [0.2, 0.25) is 0 Å². The molecule has 2 aromatic carbocycles. The molecule has 0 aliphatic carbocycles. The zero-order chi connectivity index (χ0) is 14.8.